The van der Waals surface area contributed by atoms with Crippen molar-refractivity contribution in [2.75, 3.05) is 0 Å². The molecule has 0 bridgehead atoms. The van der Waals surface area contributed by atoms with Crippen molar-refractivity contribution >= 4 is 17.6 Å². The molecule has 23 heavy (non-hydrogen) atoms. The third kappa shape index (κ3) is 3.18. The molecule has 0 spiro atoms. The maximum atomic E-state index is 12.7. The monoisotopic (exact) mass is 318 g/mol. The fraction of sp³-hybridized carbons (Fsp3) is 0.500. The summed E-state index contributed by atoms with van der Waals surface area (Å²) in [5.74, 6) is -2.08. The van der Waals surface area contributed by atoms with Crippen molar-refractivity contribution in [3.8, 4) is 0 Å². The molecule has 1 amide bonds. The Kier molecular flexibility index (Phi) is 4.02. The van der Waals surface area contributed by atoms with Crippen LogP contribution in [-0.2, 0) is 16.1 Å². The number of carbonyl (C=O) groups excluding carboxylic acids is 1. The number of hydrogen-bond donors (Lipinski definition) is 1. The molecule has 0 aromatic heterocycles. The van der Waals surface area contributed by atoms with E-state index in [0.717, 1.165) is 12.8 Å². The second-order valence-corrected chi connectivity index (χ2v) is 6.25. The maximum absolute atomic E-state index is 12.7. The normalized spacial score (nSPS) is 23.0. The summed E-state index contributed by atoms with van der Waals surface area (Å²) < 4.78 is 0. The number of hydrogen-bond acceptors (Lipinski definition) is 4. The molecule has 2 atom stereocenters. The highest BCUT2D eigenvalue weighted by Crippen LogP contribution is 2.39. The molecule has 2 fully saturated rings. The van der Waals surface area contributed by atoms with Gasteiger partial charge >= 0.3 is 5.97 Å². The minimum atomic E-state index is -0.916. The molecule has 0 heterocycles. The molecular formula is C16H18N2O5. The molecule has 1 N–H and O–H groups in total. The average molecular weight is 318 g/mol. The molecule has 2 unspecified atom stereocenters. The summed E-state index contributed by atoms with van der Waals surface area (Å²) in [6.07, 6.45) is 2.96. The lowest BCUT2D eigenvalue weighted by molar-refractivity contribution is -0.384. The number of amides is 1. The highest BCUT2D eigenvalue weighted by atomic mass is 16.6. The molecule has 2 aliphatic carbocycles. The van der Waals surface area contributed by atoms with Gasteiger partial charge in [-0.05, 0) is 31.2 Å². The number of carbonyl (C=O) groups is 2. The van der Waals surface area contributed by atoms with E-state index in [9.17, 15) is 19.7 Å². The van der Waals surface area contributed by atoms with Crippen molar-refractivity contribution in [1.82, 2.24) is 4.90 Å². The largest absolute Gasteiger partial charge is 0.481 e. The summed E-state index contributed by atoms with van der Waals surface area (Å²) in [7, 11) is 0. The van der Waals surface area contributed by atoms with E-state index in [1.807, 2.05) is 0 Å². The fourth-order valence-corrected chi connectivity index (χ4v) is 3.04. The lowest BCUT2D eigenvalue weighted by Gasteiger charge is -2.36. The summed E-state index contributed by atoms with van der Waals surface area (Å²) in [6.45, 7) is 0.300. The molecule has 3 rings (SSSR count). The Morgan fingerprint density at radius 3 is 2.43 bits per heavy atom. The van der Waals surface area contributed by atoms with Crippen molar-refractivity contribution in [1.29, 1.82) is 0 Å². The van der Waals surface area contributed by atoms with E-state index in [0.29, 0.717) is 24.9 Å². The van der Waals surface area contributed by atoms with Gasteiger partial charge in [0.15, 0.2) is 0 Å². The Bertz CT molecular complexity index is 656. The third-order valence-electron chi connectivity index (χ3n) is 4.65. The smallest absolute Gasteiger partial charge is 0.307 e. The van der Waals surface area contributed by atoms with Crippen molar-refractivity contribution in [3.63, 3.8) is 0 Å². The van der Waals surface area contributed by atoms with Crippen LogP contribution >= 0.6 is 0 Å². The molecule has 2 saturated carbocycles. The van der Waals surface area contributed by atoms with Gasteiger partial charge in [-0.3, -0.25) is 19.7 Å². The van der Waals surface area contributed by atoms with Crippen molar-refractivity contribution in [2.24, 2.45) is 11.8 Å². The van der Waals surface area contributed by atoms with E-state index in [-0.39, 0.29) is 17.6 Å². The van der Waals surface area contributed by atoms with E-state index in [1.54, 1.807) is 17.0 Å². The topological polar surface area (TPSA) is 101 Å². The van der Waals surface area contributed by atoms with Gasteiger partial charge in [-0.25, -0.2) is 0 Å². The van der Waals surface area contributed by atoms with E-state index < -0.39 is 22.7 Å². The van der Waals surface area contributed by atoms with Crippen LogP contribution in [0.4, 0.5) is 5.69 Å². The van der Waals surface area contributed by atoms with Crippen LogP contribution in [0.25, 0.3) is 0 Å². The lowest BCUT2D eigenvalue weighted by Crippen LogP contribution is -2.46. The predicted octanol–water partition coefficient (Wildman–Crippen LogP) is 2.20. The van der Waals surface area contributed by atoms with E-state index >= 15 is 0 Å². The SMILES string of the molecule is O=C(O)C1CCC1C(=O)N(Cc1cccc([N+](=O)[O-])c1)C1CC1. The van der Waals surface area contributed by atoms with Crippen molar-refractivity contribution in [3.05, 3.63) is 39.9 Å². The molecule has 2 aliphatic rings. The quantitative estimate of drug-likeness (QED) is 0.640. The van der Waals surface area contributed by atoms with Crippen LogP contribution in [0.5, 0.6) is 0 Å². The van der Waals surface area contributed by atoms with E-state index in [1.165, 1.54) is 12.1 Å². The fourth-order valence-electron chi connectivity index (χ4n) is 3.04. The summed E-state index contributed by atoms with van der Waals surface area (Å²) in [6, 6.07) is 6.38. The minimum Gasteiger partial charge on any atom is -0.481 e. The maximum Gasteiger partial charge on any atom is 0.307 e. The summed E-state index contributed by atoms with van der Waals surface area (Å²) in [5.41, 5.74) is 0.698. The van der Waals surface area contributed by atoms with Crippen molar-refractivity contribution in [2.45, 2.75) is 38.3 Å². The van der Waals surface area contributed by atoms with E-state index in [4.69, 9.17) is 5.11 Å². The Balaban J connectivity index is 1.75. The third-order valence-corrected chi connectivity index (χ3v) is 4.65. The Morgan fingerprint density at radius 2 is 1.91 bits per heavy atom. The molecular weight excluding hydrogens is 300 g/mol. The number of carboxylic acids is 1. The van der Waals surface area contributed by atoms with Crippen LogP contribution in [0.15, 0.2) is 24.3 Å². The Labute approximate surface area is 133 Å². The standard InChI is InChI=1S/C16H18N2O5/c19-15(13-6-7-14(13)16(20)21)17(11-4-5-11)9-10-2-1-3-12(8-10)18(22)23/h1-3,8,11,13-14H,4-7,9H2,(H,20,21). The molecule has 1 aromatic rings. The predicted molar refractivity (Wildman–Crippen MR) is 80.5 cm³/mol. The second-order valence-electron chi connectivity index (χ2n) is 6.25. The van der Waals surface area contributed by atoms with Crippen molar-refractivity contribution < 1.29 is 19.6 Å². The van der Waals surface area contributed by atoms with Crippen LogP contribution in [0.1, 0.15) is 31.2 Å². The molecule has 7 heteroatoms. The molecule has 1 aromatic carbocycles. The van der Waals surface area contributed by atoms with Gasteiger partial charge in [0, 0.05) is 24.7 Å². The van der Waals surface area contributed by atoms with Crippen LogP contribution in [0.2, 0.25) is 0 Å². The zero-order valence-corrected chi connectivity index (χ0v) is 12.6. The zero-order chi connectivity index (χ0) is 16.6. The number of rotatable bonds is 6. The molecule has 0 saturated heterocycles. The first kappa shape index (κ1) is 15.5. The van der Waals surface area contributed by atoms with Gasteiger partial charge < -0.3 is 10.0 Å². The molecule has 7 nitrogen and oxygen atoms in total. The lowest BCUT2D eigenvalue weighted by atomic mass is 9.73. The number of benzene rings is 1. The Morgan fingerprint density at radius 1 is 1.22 bits per heavy atom. The first-order valence-corrected chi connectivity index (χ1v) is 7.74. The van der Waals surface area contributed by atoms with Crippen LogP contribution in [0.3, 0.4) is 0 Å². The van der Waals surface area contributed by atoms with Gasteiger partial charge in [0.2, 0.25) is 5.91 Å². The van der Waals surface area contributed by atoms with Gasteiger partial charge in [-0.2, -0.15) is 0 Å². The van der Waals surface area contributed by atoms with Gasteiger partial charge in [-0.1, -0.05) is 12.1 Å². The number of nitro benzene ring substituents is 1. The number of aliphatic carboxylic acids is 1. The zero-order valence-electron chi connectivity index (χ0n) is 12.6. The van der Waals surface area contributed by atoms with Gasteiger partial charge in [0.25, 0.3) is 5.69 Å². The second kappa shape index (κ2) is 5.98. The van der Waals surface area contributed by atoms with Crippen LogP contribution in [-0.4, -0.2) is 32.8 Å². The van der Waals surface area contributed by atoms with Gasteiger partial charge in [-0.15, -0.1) is 0 Å². The number of nitro groups is 1. The first-order chi connectivity index (χ1) is 11.0. The van der Waals surface area contributed by atoms with Gasteiger partial charge in [0.05, 0.1) is 16.8 Å². The average Bonchev–Trinajstić information content (AvgIpc) is 3.27. The minimum absolute atomic E-state index is 0.00208. The highest BCUT2D eigenvalue weighted by molar-refractivity contribution is 5.86. The molecule has 122 valence electrons. The summed E-state index contributed by atoms with van der Waals surface area (Å²) in [5, 5.41) is 20.0. The molecule has 0 aliphatic heterocycles. The number of non-ortho nitro benzene ring substituents is 1. The van der Waals surface area contributed by atoms with Crippen LogP contribution in [0, 0.1) is 22.0 Å². The number of nitrogens with zero attached hydrogens (tertiary/aromatic N) is 2. The first-order valence-electron chi connectivity index (χ1n) is 7.74. The highest BCUT2D eigenvalue weighted by Gasteiger charge is 2.45. The Hall–Kier alpha value is -2.44. The van der Waals surface area contributed by atoms with E-state index in [2.05, 4.69) is 0 Å². The van der Waals surface area contributed by atoms with Crippen LogP contribution < -0.4 is 0 Å². The summed E-state index contributed by atoms with van der Waals surface area (Å²) in [4.78, 5) is 35.9. The number of carboxylic acid groups (broad SMARTS) is 1. The molecule has 0 radical (unpaired) electrons. The summed E-state index contributed by atoms with van der Waals surface area (Å²) >= 11 is 0. The van der Waals surface area contributed by atoms with Gasteiger partial charge in [0.1, 0.15) is 0 Å².